The second kappa shape index (κ2) is 31.9. The molecule has 0 aliphatic carbocycles. The Morgan fingerprint density at radius 3 is 0.767 bits per heavy atom. The lowest BCUT2D eigenvalue weighted by Crippen LogP contribution is -2.12. The van der Waals surface area contributed by atoms with Gasteiger partial charge in [0.2, 0.25) is 0 Å². The molecule has 0 unspecified atom stereocenters. The van der Waals surface area contributed by atoms with Crippen LogP contribution in [0.5, 0.6) is 11.5 Å². The van der Waals surface area contributed by atoms with E-state index in [1.54, 1.807) is 0 Å². The number of fused-ring (bicyclic) bond motifs is 2. The highest BCUT2D eigenvalue weighted by atomic mass is 16.5. The van der Waals surface area contributed by atoms with Gasteiger partial charge in [-0.05, 0) is 111 Å². The average molecular weight is 827 g/mol. The molecule has 3 rings (SSSR count). The van der Waals surface area contributed by atoms with Gasteiger partial charge in [0, 0.05) is 34.4 Å². The summed E-state index contributed by atoms with van der Waals surface area (Å²) >= 11 is 0. The van der Waals surface area contributed by atoms with Crippen molar-refractivity contribution < 1.29 is 19.1 Å². The fourth-order valence-electron chi connectivity index (χ4n) is 8.97. The van der Waals surface area contributed by atoms with Crippen molar-refractivity contribution in [3.63, 3.8) is 0 Å². The summed E-state index contributed by atoms with van der Waals surface area (Å²) in [6.07, 6.45) is 37.8. The van der Waals surface area contributed by atoms with Crippen LogP contribution in [0.25, 0.3) is 21.5 Å². The van der Waals surface area contributed by atoms with Crippen LogP contribution < -0.4 is 9.47 Å². The van der Waals surface area contributed by atoms with Crippen LogP contribution in [0.15, 0.2) is 24.3 Å². The van der Waals surface area contributed by atoms with E-state index in [4.69, 9.17) is 9.47 Å². The minimum Gasteiger partial charge on any atom is -0.425 e. The van der Waals surface area contributed by atoms with Gasteiger partial charge in [-0.1, -0.05) is 183 Å². The van der Waals surface area contributed by atoms with Crippen LogP contribution in [-0.4, -0.2) is 11.9 Å². The highest BCUT2D eigenvalue weighted by molar-refractivity contribution is 6.13. The lowest BCUT2D eigenvalue weighted by atomic mass is 9.88. The number of unbranched alkanes of at least 4 members (excludes halogenated alkanes) is 22. The Kier molecular flexibility index (Phi) is 27.4. The van der Waals surface area contributed by atoms with Crippen molar-refractivity contribution in [2.24, 2.45) is 0 Å². The third-order valence-electron chi connectivity index (χ3n) is 12.8. The van der Waals surface area contributed by atoms with Gasteiger partial charge in [0.1, 0.15) is 11.5 Å². The van der Waals surface area contributed by atoms with Gasteiger partial charge < -0.3 is 9.47 Å². The molecule has 0 fully saturated rings. The molecule has 3 aromatic carbocycles. The van der Waals surface area contributed by atoms with Crippen LogP contribution in [0.3, 0.4) is 0 Å². The number of ether oxygens (including phenoxy) is 2. The number of esters is 2. The Balaban J connectivity index is 2.34. The third-order valence-corrected chi connectivity index (χ3v) is 12.8. The molecule has 4 nitrogen and oxygen atoms in total. The van der Waals surface area contributed by atoms with Gasteiger partial charge in [0.25, 0.3) is 0 Å². The van der Waals surface area contributed by atoms with Gasteiger partial charge in [-0.15, -0.1) is 0 Å². The Labute approximate surface area is 369 Å². The van der Waals surface area contributed by atoms with Gasteiger partial charge in [-0.2, -0.15) is 0 Å². The number of hydrogen-bond acceptors (Lipinski definition) is 4. The van der Waals surface area contributed by atoms with E-state index in [9.17, 15) is 9.59 Å². The van der Waals surface area contributed by atoms with Crippen LogP contribution in [0.2, 0.25) is 0 Å². The monoisotopic (exact) mass is 827 g/mol. The highest BCUT2D eigenvalue weighted by Gasteiger charge is 2.24. The molecule has 0 amide bonds. The number of carbonyl (C=O) groups is 2. The van der Waals surface area contributed by atoms with Crippen molar-refractivity contribution in [2.45, 2.75) is 260 Å². The summed E-state index contributed by atoms with van der Waals surface area (Å²) in [5, 5.41) is 3.71. The predicted molar refractivity (Wildman–Crippen MR) is 260 cm³/mol. The lowest BCUT2D eigenvalue weighted by Gasteiger charge is -2.21. The summed E-state index contributed by atoms with van der Waals surface area (Å²) in [6, 6.07) is 9.39. The standard InChI is InChI=1S/C56H90O4/c1-7-13-19-25-29-35-45-41-49-50(42-46(45)36-30-26-20-14-8-2)56(60-54(58)40-34-24-18-12-6)52-44-48(38-32-28-22-16-10-4)47(37-31-27-21-15-9-3)43-51(52)55(49)59-53(57)39-33-23-17-11-5/h41-44H,7-40H2,1-6H3. The van der Waals surface area contributed by atoms with E-state index in [1.807, 2.05) is 0 Å². The second-order valence-electron chi connectivity index (χ2n) is 18.2. The first kappa shape index (κ1) is 51.5. The molecular weight excluding hydrogens is 737 g/mol. The maximum absolute atomic E-state index is 13.9. The first-order chi connectivity index (χ1) is 29.4. The van der Waals surface area contributed by atoms with Crippen molar-refractivity contribution in [1.82, 2.24) is 0 Å². The molecule has 0 bridgehead atoms. The quantitative estimate of drug-likeness (QED) is 0.0254. The number of benzene rings is 3. The molecule has 0 N–H and O–H groups in total. The van der Waals surface area contributed by atoms with Crippen LogP contribution >= 0.6 is 0 Å². The molecule has 0 saturated carbocycles. The van der Waals surface area contributed by atoms with Crippen molar-refractivity contribution >= 4 is 33.5 Å². The van der Waals surface area contributed by atoms with Crippen LogP contribution in [0.4, 0.5) is 0 Å². The summed E-state index contributed by atoms with van der Waals surface area (Å²) in [6.45, 7) is 13.5. The first-order valence-corrected chi connectivity index (χ1v) is 25.9. The maximum atomic E-state index is 13.9. The smallest absolute Gasteiger partial charge is 0.311 e. The van der Waals surface area contributed by atoms with Crippen LogP contribution in [-0.2, 0) is 35.3 Å². The summed E-state index contributed by atoms with van der Waals surface area (Å²) < 4.78 is 13.3. The largest absolute Gasteiger partial charge is 0.425 e. The molecule has 0 aliphatic rings. The number of carbonyl (C=O) groups excluding carboxylic acids is 2. The second-order valence-corrected chi connectivity index (χ2v) is 18.2. The Hall–Kier alpha value is -2.88. The fraction of sp³-hybridized carbons (Fsp3) is 0.714. The molecule has 0 heterocycles. The Morgan fingerprint density at radius 2 is 0.533 bits per heavy atom. The predicted octanol–water partition coefficient (Wildman–Crippen LogP) is 17.8. The molecule has 3 aromatic rings. The molecule has 0 radical (unpaired) electrons. The van der Waals surface area contributed by atoms with Gasteiger partial charge >= 0.3 is 11.9 Å². The number of aryl methyl sites for hydroxylation is 4. The molecule has 60 heavy (non-hydrogen) atoms. The number of rotatable bonds is 36. The van der Waals surface area contributed by atoms with Gasteiger partial charge in [-0.3, -0.25) is 9.59 Å². The van der Waals surface area contributed by atoms with Crippen molar-refractivity contribution in [1.29, 1.82) is 0 Å². The SMILES string of the molecule is CCCCCCCc1cc2c(OC(=O)CCCCCC)c3cc(CCCCCCC)c(CCCCCCC)cc3c(OC(=O)CCCCCC)c2cc1CCCCCCC. The fourth-order valence-corrected chi connectivity index (χ4v) is 8.97. The molecule has 0 spiro atoms. The molecular formula is C56H90O4. The van der Waals surface area contributed by atoms with E-state index in [0.29, 0.717) is 24.3 Å². The Bertz CT molecular complexity index is 1420. The van der Waals surface area contributed by atoms with Gasteiger partial charge in [0.15, 0.2) is 0 Å². The zero-order chi connectivity index (χ0) is 43.2. The average Bonchev–Trinajstić information content (AvgIpc) is 3.25. The summed E-state index contributed by atoms with van der Waals surface area (Å²) in [7, 11) is 0. The molecule has 0 atom stereocenters. The van der Waals surface area contributed by atoms with Crippen molar-refractivity contribution in [3.8, 4) is 11.5 Å². The minimum absolute atomic E-state index is 0.156. The first-order valence-electron chi connectivity index (χ1n) is 25.9. The normalized spacial score (nSPS) is 11.6. The molecule has 0 aliphatic heterocycles. The van der Waals surface area contributed by atoms with E-state index < -0.39 is 0 Å². The minimum atomic E-state index is -0.156. The third kappa shape index (κ3) is 18.6. The van der Waals surface area contributed by atoms with Crippen LogP contribution in [0, 0.1) is 0 Å². The van der Waals surface area contributed by atoms with E-state index in [1.165, 1.54) is 125 Å². The van der Waals surface area contributed by atoms with Crippen LogP contribution in [0.1, 0.15) is 256 Å². The topological polar surface area (TPSA) is 52.6 Å². The van der Waals surface area contributed by atoms with Crippen molar-refractivity contribution in [3.05, 3.63) is 46.5 Å². The highest BCUT2D eigenvalue weighted by Crippen LogP contribution is 2.46. The molecule has 4 heteroatoms. The lowest BCUT2D eigenvalue weighted by molar-refractivity contribution is -0.135. The zero-order valence-corrected chi connectivity index (χ0v) is 40.0. The van der Waals surface area contributed by atoms with Crippen molar-refractivity contribution in [2.75, 3.05) is 0 Å². The summed E-state index contributed by atoms with van der Waals surface area (Å²) in [4.78, 5) is 27.8. The molecule has 0 saturated heterocycles. The Morgan fingerprint density at radius 1 is 0.317 bits per heavy atom. The van der Waals surface area contributed by atoms with Gasteiger partial charge in [0.05, 0.1) is 0 Å². The summed E-state index contributed by atoms with van der Waals surface area (Å²) in [5.41, 5.74) is 5.47. The maximum Gasteiger partial charge on any atom is 0.311 e. The van der Waals surface area contributed by atoms with E-state index in [0.717, 1.165) is 124 Å². The molecule has 0 aromatic heterocycles. The number of hydrogen-bond donors (Lipinski definition) is 0. The van der Waals surface area contributed by atoms with Gasteiger partial charge in [-0.25, -0.2) is 0 Å². The molecule has 338 valence electrons. The van der Waals surface area contributed by atoms with E-state index in [2.05, 4.69) is 65.8 Å². The van der Waals surface area contributed by atoms with E-state index >= 15 is 0 Å². The zero-order valence-electron chi connectivity index (χ0n) is 40.0. The van der Waals surface area contributed by atoms with E-state index in [-0.39, 0.29) is 11.9 Å². The summed E-state index contributed by atoms with van der Waals surface area (Å²) in [5.74, 6) is 1.03.